The van der Waals surface area contributed by atoms with Crippen LogP contribution in [0.1, 0.15) is 13.8 Å². The molecule has 0 radical (unpaired) electrons. The van der Waals surface area contributed by atoms with Crippen LogP contribution in [0.4, 0.5) is 0 Å². The molecule has 0 aliphatic carbocycles. The van der Waals surface area contributed by atoms with Crippen LogP contribution in [0.2, 0.25) is 0 Å². The van der Waals surface area contributed by atoms with E-state index in [0.717, 1.165) is 6.54 Å². The number of nitrogens with one attached hydrogen (secondary N) is 1. The van der Waals surface area contributed by atoms with Crippen LogP contribution in [0.15, 0.2) is 12.7 Å². The molecule has 0 aromatic carbocycles. The lowest BCUT2D eigenvalue weighted by atomic mass is 10.2. The Hall–Kier alpha value is -1.36. The molecule has 0 bridgehead atoms. The number of primary amides is 1. The van der Waals surface area contributed by atoms with E-state index in [2.05, 4.69) is 11.9 Å². The Morgan fingerprint density at radius 3 is 2.53 bits per heavy atom. The minimum atomic E-state index is -0.871. The van der Waals surface area contributed by atoms with E-state index in [0.29, 0.717) is 13.1 Å². The summed E-state index contributed by atoms with van der Waals surface area (Å²) in [5.41, 5.74) is 4.86. The van der Waals surface area contributed by atoms with Crippen LogP contribution in [0, 0.1) is 0 Å². The Morgan fingerprint density at radius 1 is 1.60 bits per heavy atom. The number of piperazine rings is 1. The van der Waals surface area contributed by atoms with Crippen molar-refractivity contribution in [2.24, 2.45) is 5.73 Å². The highest BCUT2D eigenvalue weighted by Crippen LogP contribution is 1.98. The maximum absolute atomic E-state index is 11.1. The summed E-state index contributed by atoms with van der Waals surface area (Å²) in [5.74, 6) is -1.45. The summed E-state index contributed by atoms with van der Waals surface area (Å²) in [7, 11) is 0. The van der Waals surface area contributed by atoms with Crippen molar-refractivity contribution < 1.29 is 9.59 Å². The maximum atomic E-state index is 11.1. The van der Waals surface area contributed by atoms with Gasteiger partial charge in [-0.1, -0.05) is 6.08 Å². The number of amides is 2. The molecule has 0 aromatic heterocycles. The summed E-state index contributed by atoms with van der Waals surface area (Å²) in [4.78, 5) is 23.1. The summed E-state index contributed by atoms with van der Waals surface area (Å²) in [6, 6.07) is 0.238. The highest BCUT2D eigenvalue weighted by molar-refractivity contribution is 6.34. The van der Waals surface area contributed by atoms with Crippen LogP contribution >= 0.6 is 0 Å². The number of hydrogen-bond acceptors (Lipinski definition) is 3. The molecule has 15 heavy (non-hydrogen) atoms. The van der Waals surface area contributed by atoms with Gasteiger partial charge in [0.1, 0.15) is 0 Å². The first-order valence-electron chi connectivity index (χ1n) is 4.92. The van der Waals surface area contributed by atoms with Crippen LogP contribution < -0.4 is 11.1 Å². The van der Waals surface area contributed by atoms with E-state index in [9.17, 15) is 9.59 Å². The van der Waals surface area contributed by atoms with E-state index in [1.165, 1.54) is 4.90 Å². The van der Waals surface area contributed by atoms with Gasteiger partial charge in [0, 0.05) is 25.7 Å². The summed E-state index contributed by atoms with van der Waals surface area (Å²) in [6.07, 6.45) is 1.75. The molecule has 2 amide bonds. The average Bonchev–Trinajstić information content (AvgIpc) is 2.17. The highest BCUT2D eigenvalue weighted by Gasteiger charge is 2.23. The lowest BCUT2D eigenvalue weighted by Gasteiger charge is -2.30. The predicted molar refractivity (Wildman–Crippen MR) is 59.1 cm³/mol. The second kappa shape index (κ2) is 7.00. The molecule has 1 aliphatic rings. The molecule has 1 unspecified atom stereocenters. The Labute approximate surface area is 90.3 Å². The molecule has 1 aliphatic heterocycles. The molecular formula is C10H19N3O2. The first kappa shape index (κ1) is 13.6. The number of nitrogens with zero attached hydrogens (tertiary/aromatic N) is 1. The van der Waals surface area contributed by atoms with Crippen molar-refractivity contribution >= 4 is 11.8 Å². The second-order valence-electron chi connectivity index (χ2n) is 3.38. The van der Waals surface area contributed by atoms with Crippen molar-refractivity contribution in [1.29, 1.82) is 0 Å². The Kier molecular flexibility index (Phi) is 6.37. The summed E-state index contributed by atoms with van der Waals surface area (Å²) >= 11 is 0. The number of nitrogens with two attached hydrogens (primary N) is 1. The van der Waals surface area contributed by atoms with E-state index in [1.807, 2.05) is 13.8 Å². The number of allylic oxidation sites excluding steroid dienone is 1. The summed E-state index contributed by atoms with van der Waals surface area (Å²) in [6.45, 7) is 9.05. The lowest BCUT2D eigenvalue weighted by molar-refractivity contribution is -0.144. The van der Waals surface area contributed by atoms with Gasteiger partial charge in [-0.3, -0.25) is 9.59 Å². The molecule has 1 fully saturated rings. The van der Waals surface area contributed by atoms with Gasteiger partial charge in [-0.2, -0.15) is 0 Å². The maximum Gasteiger partial charge on any atom is 0.311 e. The van der Waals surface area contributed by atoms with Crippen molar-refractivity contribution in [3.05, 3.63) is 12.7 Å². The molecule has 1 saturated heterocycles. The largest absolute Gasteiger partial charge is 0.361 e. The van der Waals surface area contributed by atoms with Crippen molar-refractivity contribution in [2.45, 2.75) is 19.9 Å². The number of carbonyl (C=O) groups excluding carboxylic acids is 2. The number of hydrogen-bond donors (Lipinski definition) is 2. The standard InChI is InChI=1S/C7H13N3O2.C3H6/c1-5-4-10(3-2-9-5)7(12)6(8)11;1-3-2/h5,9H,2-4H2,1H3,(H2,8,11);3H,1H2,2H3. The molecule has 0 aromatic rings. The molecule has 1 rings (SSSR count). The minimum Gasteiger partial charge on any atom is -0.361 e. The molecule has 5 heteroatoms. The fraction of sp³-hybridized carbons (Fsp3) is 0.600. The van der Waals surface area contributed by atoms with E-state index in [4.69, 9.17) is 5.73 Å². The first-order chi connectivity index (χ1) is 7.02. The van der Waals surface area contributed by atoms with Crippen LogP contribution in [0.25, 0.3) is 0 Å². The van der Waals surface area contributed by atoms with E-state index in [1.54, 1.807) is 6.08 Å². The van der Waals surface area contributed by atoms with Crippen LogP contribution in [-0.4, -0.2) is 42.4 Å². The van der Waals surface area contributed by atoms with Gasteiger partial charge in [-0.25, -0.2) is 0 Å². The molecule has 0 saturated carbocycles. The van der Waals surface area contributed by atoms with Crippen molar-refractivity contribution in [2.75, 3.05) is 19.6 Å². The Bertz CT molecular complexity index is 241. The molecule has 3 N–H and O–H groups in total. The van der Waals surface area contributed by atoms with Crippen molar-refractivity contribution in [3.8, 4) is 0 Å². The van der Waals surface area contributed by atoms with Gasteiger partial charge in [0.05, 0.1) is 0 Å². The smallest absolute Gasteiger partial charge is 0.311 e. The van der Waals surface area contributed by atoms with E-state index < -0.39 is 11.8 Å². The normalized spacial score (nSPS) is 19.9. The van der Waals surface area contributed by atoms with Gasteiger partial charge in [0.25, 0.3) is 0 Å². The molecular weight excluding hydrogens is 194 g/mol. The van der Waals surface area contributed by atoms with Crippen LogP contribution in [-0.2, 0) is 9.59 Å². The molecule has 0 spiro atoms. The zero-order valence-corrected chi connectivity index (χ0v) is 9.32. The third kappa shape index (κ3) is 5.17. The van der Waals surface area contributed by atoms with Crippen LogP contribution in [0.5, 0.6) is 0 Å². The van der Waals surface area contributed by atoms with Gasteiger partial charge >= 0.3 is 11.8 Å². The fourth-order valence-electron chi connectivity index (χ4n) is 1.27. The Morgan fingerprint density at radius 2 is 2.13 bits per heavy atom. The van der Waals surface area contributed by atoms with Crippen molar-refractivity contribution in [3.63, 3.8) is 0 Å². The third-order valence-electron chi connectivity index (χ3n) is 1.87. The zero-order chi connectivity index (χ0) is 11.8. The van der Waals surface area contributed by atoms with Crippen LogP contribution in [0.3, 0.4) is 0 Å². The van der Waals surface area contributed by atoms with Gasteiger partial charge in [0.2, 0.25) is 0 Å². The van der Waals surface area contributed by atoms with E-state index in [-0.39, 0.29) is 6.04 Å². The van der Waals surface area contributed by atoms with Gasteiger partial charge in [-0.15, -0.1) is 6.58 Å². The van der Waals surface area contributed by atoms with Gasteiger partial charge < -0.3 is 16.0 Å². The topological polar surface area (TPSA) is 75.4 Å². The SMILES string of the molecule is C=CC.CC1CN(C(=O)C(N)=O)CCN1. The number of rotatable bonds is 0. The lowest BCUT2D eigenvalue weighted by Crippen LogP contribution is -2.54. The number of carbonyl (C=O) groups is 2. The average molecular weight is 213 g/mol. The van der Waals surface area contributed by atoms with E-state index >= 15 is 0 Å². The highest BCUT2D eigenvalue weighted by atomic mass is 16.2. The fourth-order valence-corrected chi connectivity index (χ4v) is 1.27. The second-order valence-corrected chi connectivity index (χ2v) is 3.38. The quantitative estimate of drug-likeness (QED) is 0.420. The summed E-state index contributed by atoms with van der Waals surface area (Å²) < 4.78 is 0. The monoisotopic (exact) mass is 213 g/mol. The predicted octanol–water partition coefficient (Wildman–Crippen LogP) is -0.516. The molecule has 5 nitrogen and oxygen atoms in total. The Balaban J connectivity index is 0.000000583. The molecule has 1 atom stereocenters. The van der Waals surface area contributed by atoms with Crippen molar-refractivity contribution in [1.82, 2.24) is 10.2 Å². The van der Waals surface area contributed by atoms with Gasteiger partial charge in [0.15, 0.2) is 0 Å². The van der Waals surface area contributed by atoms with Gasteiger partial charge in [-0.05, 0) is 13.8 Å². The molecule has 1 heterocycles. The first-order valence-corrected chi connectivity index (χ1v) is 4.92. The third-order valence-corrected chi connectivity index (χ3v) is 1.87. The molecule has 86 valence electrons. The summed E-state index contributed by atoms with van der Waals surface area (Å²) in [5, 5.41) is 3.16. The minimum absolute atomic E-state index is 0.238. The zero-order valence-electron chi connectivity index (χ0n) is 9.32.